The van der Waals surface area contributed by atoms with Crippen LogP contribution in [-0.4, -0.2) is 25.5 Å². The Balaban J connectivity index is 2.06. The zero-order chi connectivity index (χ0) is 19.3. The van der Waals surface area contributed by atoms with Crippen LogP contribution in [0.4, 0.5) is 11.4 Å². The van der Waals surface area contributed by atoms with Gasteiger partial charge in [-0.1, -0.05) is 18.7 Å². The molecule has 0 saturated heterocycles. The number of aromatic carboxylic acids is 1. The lowest BCUT2D eigenvalue weighted by Gasteiger charge is -2.15. The third-order valence-electron chi connectivity index (χ3n) is 3.69. The van der Waals surface area contributed by atoms with Gasteiger partial charge in [0.05, 0.1) is 21.8 Å². The molecule has 0 bridgehead atoms. The lowest BCUT2D eigenvalue weighted by molar-refractivity contribution is -0.268. The second-order valence-electron chi connectivity index (χ2n) is 5.72. The first kappa shape index (κ1) is 19.5. The number of hydrogen-bond donors (Lipinski definition) is 4. The molecule has 26 heavy (non-hydrogen) atoms. The molecule has 0 fully saturated rings. The minimum absolute atomic E-state index is 0.146. The third-order valence-corrected chi connectivity index (χ3v) is 5.30. The highest BCUT2D eigenvalue weighted by molar-refractivity contribution is 7.89. The van der Waals surface area contributed by atoms with Crippen LogP contribution in [0.2, 0.25) is 0 Å². The number of carboxylic acids is 1. The van der Waals surface area contributed by atoms with Gasteiger partial charge in [-0.2, -0.15) is 0 Å². The van der Waals surface area contributed by atoms with Gasteiger partial charge >= 0.3 is 5.97 Å². The highest BCUT2D eigenvalue weighted by atomic mass is 32.2. The van der Waals surface area contributed by atoms with Crippen molar-refractivity contribution < 1.29 is 23.4 Å². The molecule has 8 nitrogen and oxygen atoms in total. The van der Waals surface area contributed by atoms with Crippen molar-refractivity contribution in [3.05, 3.63) is 48.0 Å². The van der Waals surface area contributed by atoms with Crippen molar-refractivity contribution in [3.8, 4) is 5.75 Å². The largest absolute Gasteiger partial charge is 0.872 e. The van der Waals surface area contributed by atoms with Gasteiger partial charge in [0.25, 0.3) is 0 Å². The van der Waals surface area contributed by atoms with Gasteiger partial charge < -0.3 is 21.1 Å². The van der Waals surface area contributed by atoms with Crippen LogP contribution >= 0.6 is 0 Å². The van der Waals surface area contributed by atoms with Crippen molar-refractivity contribution in [1.82, 2.24) is 4.72 Å². The molecule has 2 aromatic rings. The maximum Gasteiger partial charge on any atom is 0.335 e. The first-order chi connectivity index (χ1) is 12.2. The summed E-state index contributed by atoms with van der Waals surface area (Å²) in [6.07, 6.45) is 0.684. The molecule has 0 aliphatic rings. The van der Waals surface area contributed by atoms with E-state index < -0.39 is 21.7 Å². The minimum Gasteiger partial charge on any atom is -0.872 e. The van der Waals surface area contributed by atoms with E-state index >= 15 is 0 Å². The Morgan fingerprint density at radius 3 is 2.27 bits per heavy atom. The van der Waals surface area contributed by atoms with Crippen LogP contribution in [0, 0.1) is 0 Å². The van der Waals surface area contributed by atoms with Crippen LogP contribution in [0.5, 0.6) is 5.75 Å². The molecule has 1 unspecified atom stereocenters. The van der Waals surface area contributed by atoms with Gasteiger partial charge in [0.2, 0.25) is 10.0 Å². The molecule has 0 radical (unpaired) electrons. The Morgan fingerprint density at radius 1 is 1.12 bits per heavy atom. The molecule has 2 aromatic carbocycles. The van der Waals surface area contributed by atoms with Gasteiger partial charge in [0.15, 0.2) is 0 Å². The summed E-state index contributed by atoms with van der Waals surface area (Å²) in [5.41, 5.74) is 6.20. The number of benzene rings is 2. The maximum absolute atomic E-state index is 12.2. The highest BCUT2D eigenvalue weighted by Gasteiger charge is 2.16. The SMILES string of the molecule is CCC(C)NS(=O)(=O)c1ccc(NNc2ccc([O-])c(C(=O)O)c2)cc1. The topological polar surface area (TPSA) is 131 Å². The first-order valence-corrected chi connectivity index (χ1v) is 9.40. The number of nitrogens with one attached hydrogen (secondary N) is 3. The summed E-state index contributed by atoms with van der Waals surface area (Å²) in [4.78, 5) is 11.1. The van der Waals surface area contributed by atoms with E-state index in [1.165, 1.54) is 24.3 Å². The summed E-state index contributed by atoms with van der Waals surface area (Å²) in [5.74, 6) is -1.88. The van der Waals surface area contributed by atoms with Crippen molar-refractivity contribution in [2.24, 2.45) is 0 Å². The van der Waals surface area contributed by atoms with Gasteiger partial charge in [0.1, 0.15) is 0 Å². The van der Waals surface area contributed by atoms with Crippen molar-refractivity contribution in [2.45, 2.75) is 31.2 Å². The molecule has 0 saturated carbocycles. The van der Waals surface area contributed by atoms with E-state index in [-0.39, 0.29) is 16.5 Å². The molecule has 9 heteroatoms. The van der Waals surface area contributed by atoms with Crippen LogP contribution in [0.15, 0.2) is 47.4 Å². The fourth-order valence-corrected chi connectivity index (χ4v) is 3.38. The summed E-state index contributed by atoms with van der Waals surface area (Å²) in [5, 5.41) is 20.4. The molecule has 0 spiro atoms. The van der Waals surface area contributed by atoms with Crippen molar-refractivity contribution >= 4 is 27.4 Å². The van der Waals surface area contributed by atoms with Crippen LogP contribution in [0.25, 0.3) is 0 Å². The Labute approximate surface area is 151 Å². The number of anilines is 2. The summed E-state index contributed by atoms with van der Waals surface area (Å²) in [6.45, 7) is 3.68. The average Bonchev–Trinajstić information content (AvgIpc) is 2.60. The van der Waals surface area contributed by atoms with Crippen LogP contribution in [0.1, 0.15) is 30.6 Å². The molecule has 140 valence electrons. The Morgan fingerprint density at radius 2 is 1.69 bits per heavy atom. The molecule has 0 amide bonds. The molecule has 4 N–H and O–H groups in total. The zero-order valence-electron chi connectivity index (χ0n) is 14.3. The van der Waals surface area contributed by atoms with Crippen LogP contribution < -0.4 is 20.7 Å². The normalized spacial score (nSPS) is 12.4. The van der Waals surface area contributed by atoms with E-state index in [4.69, 9.17) is 5.11 Å². The first-order valence-electron chi connectivity index (χ1n) is 7.91. The van der Waals surface area contributed by atoms with E-state index in [9.17, 15) is 18.3 Å². The summed E-state index contributed by atoms with van der Waals surface area (Å²) >= 11 is 0. The number of rotatable bonds is 8. The van der Waals surface area contributed by atoms with Crippen molar-refractivity contribution in [2.75, 3.05) is 10.9 Å². The predicted octanol–water partition coefficient (Wildman–Crippen LogP) is 1.97. The van der Waals surface area contributed by atoms with Crippen molar-refractivity contribution in [1.29, 1.82) is 0 Å². The van der Waals surface area contributed by atoms with E-state index in [0.29, 0.717) is 17.8 Å². The fourth-order valence-electron chi connectivity index (χ4n) is 2.05. The second-order valence-corrected chi connectivity index (χ2v) is 7.44. The predicted molar refractivity (Wildman–Crippen MR) is 96.6 cm³/mol. The van der Waals surface area contributed by atoms with Crippen LogP contribution in [-0.2, 0) is 10.0 Å². The minimum atomic E-state index is -3.57. The number of carboxylic acid groups (broad SMARTS) is 1. The number of hydrogen-bond acceptors (Lipinski definition) is 6. The maximum atomic E-state index is 12.2. The molecular formula is C17H20N3O5S-. The monoisotopic (exact) mass is 378 g/mol. The standard InChI is InChI=1S/C17H21N3O5S/c1-3-11(2)20-26(24,25)14-7-4-12(5-8-14)18-19-13-6-9-16(21)15(10-13)17(22)23/h4-11,18-21H,3H2,1-2H3,(H,22,23)/p-1. The molecule has 0 aliphatic heterocycles. The summed E-state index contributed by atoms with van der Waals surface area (Å²) in [7, 11) is -3.57. The van der Waals surface area contributed by atoms with E-state index in [2.05, 4.69) is 15.6 Å². The second kappa shape index (κ2) is 8.07. The fraction of sp³-hybridized carbons (Fsp3) is 0.235. The lowest BCUT2D eigenvalue weighted by Crippen LogP contribution is -2.31. The van der Waals surface area contributed by atoms with Gasteiger partial charge in [-0.15, -0.1) is 0 Å². The van der Waals surface area contributed by atoms with Gasteiger partial charge in [-0.3, -0.25) is 0 Å². The highest BCUT2D eigenvalue weighted by Crippen LogP contribution is 2.20. The quantitative estimate of drug-likeness (QED) is 0.517. The number of hydrazine groups is 1. The Hall–Kier alpha value is -2.78. The van der Waals surface area contributed by atoms with Gasteiger partial charge in [-0.25, -0.2) is 17.9 Å². The molecule has 0 aliphatic carbocycles. The van der Waals surface area contributed by atoms with Crippen LogP contribution in [0.3, 0.4) is 0 Å². The molecule has 0 heterocycles. The summed E-state index contributed by atoms with van der Waals surface area (Å²) < 4.78 is 27.0. The van der Waals surface area contributed by atoms with E-state index in [1.807, 2.05) is 6.92 Å². The van der Waals surface area contributed by atoms with E-state index in [0.717, 1.165) is 6.07 Å². The molecular weight excluding hydrogens is 358 g/mol. The van der Waals surface area contributed by atoms with Crippen molar-refractivity contribution in [3.63, 3.8) is 0 Å². The average molecular weight is 378 g/mol. The van der Waals surface area contributed by atoms with Gasteiger partial charge in [-0.05, 0) is 49.7 Å². The molecule has 1 atom stereocenters. The number of sulfonamides is 1. The molecule has 0 aromatic heterocycles. The number of carbonyl (C=O) groups is 1. The third kappa shape index (κ3) is 4.87. The van der Waals surface area contributed by atoms with Gasteiger partial charge in [0, 0.05) is 6.04 Å². The Bertz CT molecular complexity index is 882. The zero-order valence-corrected chi connectivity index (χ0v) is 15.1. The Kier molecular flexibility index (Phi) is 6.06. The van der Waals surface area contributed by atoms with E-state index in [1.54, 1.807) is 19.1 Å². The lowest BCUT2D eigenvalue weighted by atomic mass is 10.2. The smallest absolute Gasteiger partial charge is 0.335 e. The summed E-state index contributed by atoms with van der Waals surface area (Å²) in [6, 6.07) is 9.70. The molecule has 2 rings (SSSR count).